The molecular formula is C31H44FN3O2. The first-order chi connectivity index (χ1) is 17.8. The summed E-state index contributed by atoms with van der Waals surface area (Å²) in [7, 11) is 3.88. The van der Waals surface area contributed by atoms with E-state index in [1.54, 1.807) is 13.2 Å². The lowest BCUT2D eigenvalue weighted by Gasteiger charge is -2.49. The van der Waals surface area contributed by atoms with Crippen molar-refractivity contribution < 1.29 is 14.2 Å². The molecule has 1 aliphatic rings. The molecule has 4 rings (SSSR count). The molecule has 1 unspecified atom stereocenters. The summed E-state index contributed by atoms with van der Waals surface area (Å²) in [5.41, 5.74) is 3.54. The molecule has 2 aromatic carbocycles. The Morgan fingerprint density at radius 2 is 1.86 bits per heavy atom. The Morgan fingerprint density at radius 3 is 2.62 bits per heavy atom. The van der Waals surface area contributed by atoms with Crippen molar-refractivity contribution in [1.29, 1.82) is 0 Å². The van der Waals surface area contributed by atoms with Crippen LogP contribution in [0.4, 0.5) is 4.39 Å². The van der Waals surface area contributed by atoms with Crippen LogP contribution in [0.3, 0.4) is 0 Å². The number of para-hydroxylation sites is 2. The highest BCUT2D eigenvalue weighted by Gasteiger charge is 2.50. The Balaban J connectivity index is 1.21. The van der Waals surface area contributed by atoms with E-state index in [-0.39, 0.29) is 17.7 Å². The third kappa shape index (κ3) is 6.42. The van der Waals surface area contributed by atoms with Gasteiger partial charge in [-0.15, -0.1) is 0 Å². The molecule has 0 aliphatic heterocycles. The van der Waals surface area contributed by atoms with E-state index >= 15 is 0 Å². The van der Waals surface area contributed by atoms with E-state index in [0.717, 1.165) is 60.3 Å². The zero-order chi connectivity index (χ0) is 26.4. The number of aryl methyl sites for hydroxylation is 1. The van der Waals surface area contributed by atoms with Gasteiger partial charge in [-0.1, -0.05) is 51.3 Å². The number of aliphatic hydroxyl groups is 1. The summed E-state index contributed by atoms with van der Waals surface area (Å²) in [5, 5.41) is 11.2. The highest BCUT2D eigenvalue weighted by atomic mass is 19.1. The predicted molar refractivity (Wildman–Crippen MR) is 148 cm³/mol. The quantitative estimate of drug-likeness (QED) is 0.267. The topological polar surface area (TPSA) is 61.4 Å². The fraction of sp³-hybridized carbons (Fsp3) is 0.581. The number of aromatic amines is 1. The third-order valence-electron chi connectivity index (χ3n) is 8.27. The number of nitrogens with one attached hydrogen (secondary N) is 1. The smallest absolute Gasteiger partial charge is 0.123 e. The van der Waals surface area contributed by atoms with Crippen molar-refractivity contribution in [3.05, 3.63) is 65.2 Å². The van der Waals surface area contributed by atoms with Crippen molar-refractivity contribution in [3.8, 4) is 0 Å². The first-order valence-corrected chi connectivity index (χ1v) is 14.0. The Hall–Kier alpha value is -2.28. The van der Waals surface area contributed by atoms with Crippen molar-refractivity contribution in [2.24, 2.45) is 5.92 Å². The molecule has 0 saturated heterocycles. The summed E-state index contributed by atoms with van der Waals surface area (Å²) < 4.78 is 20.0. The highest BCUT2D eigenvalue weighted by molar-refractivity contribution is 5.74. The van der Waals surface area contributed by atoms with E-state index in [1.807, 2.05) is 18.2 Å². The number of ether oxygens (including phenoxy) is 1. The van der Waals surface area contributed by atoms with Crippen LogP contribution in [0.15, 0.2) is 42.5 Å². The Labute approximate surface area is 221 Å². The van der Waals surface area contributed by atoms with Gasteiger partial charge < -0.3 is 19.7 Å². The largest absolute Gasteiger partial charge is 0.390 e. The maximum absolute atomic E-state index is 13.9. The molecule has 3 atom stereocenters. The van der Waals surface area contributed by atoms with Crippen LogP contribution in [0.2, 0.25) is 0 Å². The number of benzene rings is 2. The minimum Gasteiger partial charge on any atom is -0.390 e. The molecule has 1 heterocycles. The second-order valence-electron chi connectivity index (χ2n) is 11.2. The minimum atomic E-state index is -0.663. The van der Waals surface area contributed by atoms with E-state index in [1.165, 1.54) is 31.7 Å². The molecule has 0 saturated carbocycles. The van der Waals surface area contributed by atoms with Crippen LogP contribution in [-0.4, -0.2) is 58.9 Å². The number of fused-ring (bicyclic) bond motifs is 2. The lowest BCUT2D eigenvalue weighted by atomic mass is 9.64. The first kappa shape index (κ1) is 27.7. The van der Waals surface area contributed by atoms with Gasteiger partial charge in [0.2, 0.25) is 0 Å². The second kappa shape index (κ2) is 12.5. The number of H-pyrrole nitrogens is 1. The number of imidazole rings is 1. The zero-order valence-electron chi connectivity index (χ0n) is 23.0. The zero-order valence-corrected chi connectivity index (χ0v) is 23.0. The highest BCUT2D eigenvalue weighted by Crippen LogP contribution is 2.47. The lowest BCUT2D eigenvalue weighted by Crippen LogP contribution is -2.56. The maximum atomic E-state index is 13.9. The van der Waals surface area contributed by atoms with Gasteiger partial charge in [0.15, 0.2) is 0 Å². The first-order valence-electron chi connectivity index (χ1n) is 14.0. The Morgan fingerprint density at radius 1 is 1.11 bits per heavy atom. The van der Waals surface area contributed by atoms with Crippen LogP contribution >= 0.6 is 0 Å². The SMILES string of the molecule is CO[C@]1(CCN(C)CCCCCCCc2nc3ccccc3[nH]2)C(O)Cc2cc(F)ccc2[C@@H]1C(C)C. The standard InChI is InChI=1S/C31H44FN3O2/c1-22(2)30-25-16-15-24(32)20-23(25)21-28(36)31(30,37-4)17-19-35(3)18-11-7-5-6-8-14-29-33-26-12-9-10-13-27(26)34-29/h9-10,12-13,15-16,20,22,28,30,36H,5-8,11,14,17-19,21H2,1-4H3,(H,33,34)/t28?,30-,31+/m0/s1. The number of hydrogen-bond donors (Lipinski definition) is 2. The van der Waals surface area contributed by atoms with E-state index in [4.69, 9.17) is 4.74 Å². The van der Waals surface area contributed by atoms with Crippen molar-refractivity contribution in [1.82, 2.24) is 14.9 Å². The fourth-order valence-corrected chi connectivity index (χ4v) is 6.32. The van der Waals surface area contributed by atoms with E-state index < -0.39 is 11.7 Å². The van der Waals surface area contributed by atoms with Crippen molar-refractivity contribution in [2.45, 2.75) is 82.8 Å². The normalized spacial score (nSPS) is 21.7. The van der Waals surface area contributed by atoms with E-state index in [0.29, 0.717) is 6.42 Å². The van der Waals surface area contributed by atoms with Gasteiger partial charge >= 0.3 is 0 Å². The van der Waals surface area contributed by atoms with Crippen molar-refractivity contribution >= 4 is 11.0 Å². The van der Waals surface area contributed by atoms with Crippen LogP contribution in [0, 0.1) is 11.7 Å². The average molecular weight is 510 g/mol. The molecule has 6 heteroatoms. The molecule has 5 nitrogen and oxygen atoms in total. The number of hydrogen-bond acceptors (Lipinski definition) is 4. The molecule has 1 aliphatic carbocycles. The molecule has 202 valence electrons. The molecule has 0 amide bonds. The summed E-state index contributed by atoms with van der Waals surface area (Å²) in [4.78, 5) is 10.5. The van der Waals surface area contributed by atoms with Gasteiger partial charge in [-0.2, -0.15) is 0 Å². The summed E-state index contributed by atoms with van der Waals surface area (Å²) in [5.74, 6) is 1.14. The molecule has 0 fully saturated rings. The third-order valence-corrected chi connectivity index (χ3v) is 8.27. The van der Waals surface area contributed by atoms with Crippen molar-refractivity contribution in [3.63, 3.8) is 0 Å². The average Bonchev–Trinajstić information content (AvgIpc) is 3.29. The number of halogens is 1. The number of unbranched alkanes of at least 4 members (excludes halogenated alkanes) is 4. The number of nitrogens with zero attached hydrogens (tertiary/aromatic N) is 2. The van der Waals surface area contributed by atoms with Crippen LogP contribution in [-0.2, 0) is 17.6 Å². The maximum Gasteiger partial charge on any atom is 0.123 e. The van der Waals surface area contributed by atoms with Gasteiger partial charge in [0, 0.05) is 32.4 Å². The fourth-order valence-electron chi connectivity index (χ4n) is 6.32. The molecule has 2 N–H and O–H groups in total. The summed E-state index contributed by atoms with van der Waals surface area (Å²) in [6, 6.07) is 13.2. The molecular weight excluding hydrogens is 465 g/mol. The second-order valence-corrected chi connectivity index (χ2v) is 11.2. The Bertz CT molecular complexity index is 1110. The summed E-state index contributed by atoms with van der Waals surface area (Å²) >= 11 is 0. The van der Waals surface area contributed by atoms with Gasteiger partial charge in [0.1, 0.15) is 17.2 Å². The molecule has 37 heavy (non-hydrogen) atoms. The number of aromatic nitrogens is 2. The molecule has 1 aromatic heterocycles. The predicted octanol–water partition coefficient (Wildman–Crippen LogP) is 6.26. The molecule has 0 bridgehead atoms. The van der Waals surface area contributed by atoms with Crippen LogP contribution in [0.25, 0.3) is 11.0 Å². The van der Waals surface area contributed by atoms with E-state index in [2.05, 4.69) is 47.9 Å². The van der Waals surface area contributed by atoms with E-state index in [9.17, 15) is 9.50 Å². The van der Waals surface area contributed by atoms with Gasteiger partial charge in [0.05, 0.1) is 17.1 Å². The number of rotatable bonds is 13. The van der Waals surface area contributed by atoms with Crippen LogP contribution in [0.5, 0.6) is 0 Å². The van der Waals surface area contributed by atoms with Crippen LogP contribution in [0.1, 0.15) is 75.2 Å². The van der Waals surface area contributed by atoms with Gasteiger partial charge in [0.25, 0.3) is 0 Å². The van der Waals surface area contributed by atoms with Gasteiger partial charge in [-0.3, -0.25) is 0 Å². The molecule has 0 spiro atoms. The van der Waals surface area contributed by atoms with Crippen LogP contribution < -0.4 is 0 Å². The number of aliphatic hydroxyl groups excluding tert-OH is 1. The van der Waals surface area contributed by atoms with Gasteiger partial charge in [-0.25, -0.2) is 9.37 Å². The monoisotopic (exact) mass is 509 g/mol. The van der Waals surface area contributed by atoms with Crippen molar-refractivity contribution in [2.75, 3.05) is 27.2 Å². The summed E-state index contributed by atoms with van der Waals surface area (Å²) in [6.45, 7) is 6.23. The summed E-state index contributed by atoms with van der Waals surface area (Å²) in [6.07, 6.45) is 7.52. The van der Waals surface area contributed by atoms with Gasteiger partial charge in [-0.05, 0) is 74.2 Å². The molecule has 3 aromatic rings. The Kier molecular flexibility index (Phi) is 9.38. The lowest BCUT2D eigenvalue weighted by molar-refractivity contribution is -0.140. The number of methoxy groups -OCH3 is 1. The molecule has 0 radical (unpaired) electrons. The minimum absolute atomic E-state index is 0.0250.